The summed E-state index contributed by atoms with van der Waals surface area (Å²) in [4.78, 5) is 11.9. The van der Waals surface area contributed by atoms with Crippen LogP contribution >= 0.6 is 0 Å². The van der Waals surface area contributed by atoms with Gasteiger partial charge in [0.15, 0.2) is 0 Å². The molecular weight excluding hydrogens is 278 g/mol. The number of rotatable bonds is 8. The molecule has 1 unspecified atom stereocenters. The highest BCUT2D eigenvalue weighted by molar-refractivity contribution is 5.91. The van der Waals surface area contributed by atoms with E-state index in [1.807, 2.05) is 38.1 Å². The first kappa shape index (κ1) is 16.6. The van der Waals surface area contributed by atoms with Crippen LogP contribution in [-0.2, 0) is 4.79 Å². The molecule has 0 aromatic heterocycles. The number of carbonyl (C=O) groups excluding carboxylic acids is 1. The standard InChI is InChI=1S/C18H25NO3/c1-13(2)22-16-8-3-14(4-9-16)5-10-18(21)19-17(11-12-20)15-6-7-15/h3-5,8-10,13,15,17,20H,6-7,11-12H2,1-2H3,(H,19,21)/b10-5+. The van der Waals surface area contributed by atoms with E-state index in [1.165, 1.54) is 0 Å². The normalized spacial score (nSPS) is 16.0. The molecule has 120 valence electrons. The van der Waals surface area contributed by atoms with Crippen LogP contribution in [0.1, 0.15) is 38.7 Å². The molecule has 0 spiro atoms. The summed E-state index contributed by atoms with van der Waals surface area (Å²) in [5.74, 6) is 1.26. The number of aliphatic hydroxyl groups excluding tert-OH is 1. The summed E-state index contributed by atoms with van der Waals surface area (Å²) in [6, 6.07) is 7.75. The van der Waals surface area contributed by atoms with Crippen molar-refractivity contribution in [3.05, 3.63) is 35.9 Å². The monoisotopic (exact) mass is 303 g/mol. The molecule has 1 fully saturated rings. The van der Waals surface area contributed by atoms with Gasteiger partial charge in [0.1, 0.15) is 5.75 Å². The summed E-state index contributed by atoms with van der Waals surface area (Å²) >= 11 is 0. The molecule has 4 heteroatoms. The van der Waals surface area contributed by atoms with E-state index in [9.17, 15) is 4.79 Å². The fourth-order valence-electron chi connectivity index (χ4n) is 2.40. The van der Waals surface area contributed by atoms with Gasteiger partial charge in [-0.2, -0.15) is 0 Å². The van der Waals surface area contributed by atoms with Gasteiger partial charge in [0.2, 0.25) is 5.91 Å². The highest BCUT2D eigenvalue weighted by Crippen LogP contribution is 2.33. The molecular formula is C18H25NO3. The van der Waals surface area contributed by atoms with Crippen molar-refractivity contribution in [2.45, 2.75) is 45.3 Å². The summed E-state index contributed by atoms with van der Waals surface area (Å²) in [7, 11) is 0. The third-order valence-corrected chi connectivity index (χ3v) is 3.64. The predicted octanol–water partition coefficient (Wildman–Crippen LogP) is 2.76. The van der Waals surface area contributed by atoms with Gasteiger partial charge in [-0.05, 0) is 62.8 Å². The minimum Gasteiger partial charge on any atom is -0.491 e. The van der Waals surface area contributed by atoms with Crippen LogP contribution in [0.25, 0.3) is 6.08 Å². The van der Waals surface area contributed by atoms with Crippen molar-refractivity contribution in [1.82, 2.24) is 5.32 Å². The van der Waals surface area contributed by atoms with E-state index >= 15 is 0 Å². The molecule has 4 nitrogen and oxygen atoms in total. The van der Waals surface area contributed by atoms with Gasteiger partial charge >= 0.3 is 0 Å². The van der Waals surface area contributed by atoms with Gasteiger partial charge in [0.25, 0.3) is 0 Å². The van der Waals surface area contributed by atoms with Gasteiger partial charge in [0, 0.05) is 18.7 Å². The molecule has 0 aliphatic heterocycles. The van der Waals surface area contributed by atoms with Crippen molar-refractivity contribution in [3.63, 3.8) is 0 Å². The molecule has 0 bridgehead atoms. The zero-order chi connectivity index (χ0) is 15.9. The first-order chi connectivity index (χ1) is 10.6. The van der Waals surface area contributed by atoms with Gasteiger partial charge in [-0.3, -0.25) is 4.79 Å². The van der Waals surface area contributed by atoms with Crippen molar-refractivity contribution in [2.75, 3.05) is 6.61 Å². The number of ether oxygens (including phenoxy) is 1. The number of amides is 1. The van der Waals surface area contributed by atoms with Gasteiger partial charge in [-0.15, -0.1) is 0 Å². The molecule has 1 aromatic rings. The molecule has 1 aromatic carbocycles. The number of benzene rings is 1. The first-order valence-corrected chi connectivity index (χ1v) is 7.94. The van der Waals surface area contributed by atoms with Crippen LogP contribution in [0.4, 0.5) is 0 Å². The van der Waals surface area contributed by atoms with Crippen molar-refractivity contribution < 1.29 is 14.6 Å². The number of hydrogen-bond acceptors (Lipinski definition) is 3. The van der Waals surface area contributed by atoms with E-state index in [1.54, 1.807) is 12.2 Å². The van der Waals surface area contributed by atoms with Crippen LogP contribution in [0, 0.1) is 5.92 Å². The molecule has 0 heterocycles. The Balaban J connectivity index is 1.86. The van der Waals surface area contributed by atoms with E-state index in [-0.39, 0.29) is 24.7 Å². The lowest BCUT2D eigenvalue weighted by Gasteiger charge is -2.15. The van der Waals surface area contributed by atoms with Crippen LogP contribution in [0.3, 0.4) is 0 Å². The third kappa shape index (κ3) is 5.53. The number of hydrogen-bond donors (Lipinski definition) is 2. The minimum absolute atomic E-state index is 0.101. The highest BCUT2D eigenvalue weighted by atomic mass is 16.5. The molecule has 1 saturated carbocycles. The zero-order valence-electron chi connectivity index (χ0n) is 13.3. The Kier molecular flexibility index (Phi) is 6.01. The van der Waals surface area contributed by atoms with Crippen molar-refractivity contribution in [1.29, 1.82) is 0 Å². The van der Waals surface area contributed by atoms with E-state index in [2.05, 4.69) is 5.32 Å². The Labute approximate surface area is 132 Å². The Morgan fingerprint density at radius 2 is 2.05 bits per heavy atom. The third-order valence-electron chi connectivity index (χ3n) is 3.64. The maximum atomic E-state index is 11.9. The second-order valence-corrected chi connectivity index (χ2v) is 6.03. The van der Waals surface area contributed by atoms with Crippen molar-refractivity contribution in [3.8, 4) is 5.75 Å². The molecule has 1 amide bonds. The van der Waals surface area contributed by atoms with Crippen LogP contribution in [0.2, 0.25) is 0 Å². The lowest BCUT2D eigenvalue weighted by Crippen LogP contribution is -2.36. The molecule has 22 heavy (non-hydrogen) atoms. The molecule has 2 rings (SSSR count). The van der Waals surface area contributed by atoms with E-state index in [0.29, 0.717) is 12.3 Å². The van der Waals surface area contributed by atoms with Gasteiger partial charge < -0.3 is 15.2 Å². The lowest BCUT2D eigenvalue weighted by atomic mass is 10.1. The van der Waals surface area contributed by atoms with E-state index < -0.39 is 0 Å². The van der Waals surface area contributed by atoms with Crippen LogP contribution in [-0.4, -0.2) is 29.8 Å². The lowest BCUT2D eigenvalue weighted by molar-refractivity contribution is -0.117. The second kappa shape index (κ2) is 7.99. The molecule has 1 aliphatic carbocycles. The largest absolute Gasteiger partial charge is 0.491 e. The predicted molar refractivity (Wildman–Crippen MR) is 87.6 cm³/mol. The Morgan fingerprint density at radius 1 is 1.36 bits per heavy atom. The average Bonchev–Trinajstić information content (AvgIpc) is 3.30. The van der Waals surface area contributed by atoms with Crippen LogP contribution in [0.15, 0.2) is 30.3 Å². The van der Waals surface area contributed by atoms with E-state index in [0.717, 1.165) is 24.2 Å². The van der Waals surface area contributed by atoms with Gasteiger partial charge in [0.05, 0.1) is 6.10 Å². The summed E-state index contributed by atoms with van der Waals surface area (Å²) in [5, 5.41) is 12.0. The highest BCUT2D eigenvalue weighted by Gasteiger charge is 2.31. The summed E-state index contributed by atoms with van der Waals surface area (Å²) in [6.45, 7) is 4.09. The quantitative estimate of drug-likeness (QED) is 0.726. The summed E-state index contributed by atoms with van der Waals surface area (Å²) in [6.07, 6.45) is 6.41. The number of aliphatic hydroxyl groups is 1. The van der Waals surface area contributed by atoms with Crippen LogP contribution in [0.5, 0.6) is 5.75 Å². The van der Waals surface area contributed by atoms with E-state index in [4.69, 9.17) is 9.84 Å². The van der Waals surface area contributed by atoms with Crippen molar-refractivity contribution >= 4 is 12.0 Å². The summed E-state index contributed by atoms with van der Waals surface area (Å²) in [5.41, 5.74) is 0.955. The first-order valence-electron chi connectivity index (χ1n) is 7.94. The number of nitrogens with one attached hydrogen (secondary N) is 1. The maximum Gasteiger partial charge on any atom is 0.244 e. The Hall–Kier alpha value is -1.81. The Bertz CT molecular complexity index is 504. The molecule has 0 saturated heterocycles. The smallest absolute Gasteiger partial charge is 0.244 e. The average molecular weight is 303 g/mol. The fourth-order valence-corrected chi connectivity index (χ4v) is 2.40. The van der Waals surface area contributed by atoms with Crippen LogP contribution < -0.4 is 10.1 Å². The van der Waals surface area contributed by atoms with Gasteiger partial charge in [-0.25, -0.2) is 0 Å². The molecule has 0 radical (unpaired) electrons. The maximum absolute atomic E-state index is 11.9. The molecule has 1 atom stereocenters. The van der Waals surface area contributed by atoms with Crippen molar-refractivity contribution in [2.24, 2.45) is 5.92 Å². The Morgan fingerprint density at radius 3 is 2.59 bits per heavy atom. The molecule has 1 aliphatic rings. The zero-order valence-corrected chi connectivity index (χ0v) is 13.3. The second-order valence-electron chi connectivity index (χ2n) is 6.03. The van der Waals surface area contributed by atoms with Gasteiger partial charge in [-0.1, -0.05) is 12.1 Å². The topological polar surface area (TPSA) is 58.6 Å². The minimum atomic E-state index is -0.104. The number of carbonyl (C=O) groups is 1. The fraction of sp³-hybridized carbons (Fsp3) is 0.500. The summed E-state index contributed by atoms with van der Waals surface area (Å²) < 4.78 is 5.58. The SMILES string of the molecule is CC(C)Oc1ccc(/C=C/C(=O)NC(CCO)C2CC2)cc1. The molecule has 2 N–H and O–H groups in total.